The summed E-state index contributed by atoms with van der Waals surface area (Å²) in [4.78, 5) is 12.2. The Morgan fingerprint density at radius 2 is 2.14 bits per heavy atom. The molecule has 0 aliphatic heterocycles. The quantitative estimate of drug-likeness (QED) is 0.667. The molecule has 1 aliphatic rings. The molecule has 1 saturated carbocycles. The van der Waals surface area contributed by atoms with E-state index in [-0.39, 0.29) is 17.5 Å². The Labute approximate surface area is 125 Å². The zero-order chi connectivity index (χ0) is 15.1. The molecule has 1 aliphatic carbocycles. The van der Waals surface area contributed by atoms with Crippen LogP contribution in [0, 0.1) is 11.3 Å². The first-order valence-electron chi connectivity index (χ1n) is 7.39. The first-order chi connectivity index (χ1) is 10.2. The number of carbonyl (C=O) groups is 1. The van der Waals surface area contributed by atoms with E-state index in [1.807, 2.05) is 37.3 Å². The molecule has 110 valence electrons. The van der Waals surface area contributed by atoms with Crippen LogP contribution in [0.25, 0.3) is 6.08 Å². The van der Waals surface area contributed by atoms with E-state index in [0.717, 1.165) is 31.2 Å². The van der Waals surface area contributed by atoms with Crippen molar-refractivity contribution in [1.29, 1.82) is 5.26 Å². The first kappa shape index (κ1) is 15.1. The van der Waals surface area contributed by atoms with E-state index in [9.17, 15) is 10.1 Å². The molecule has 0 unspecified atom stereocenters. The predicted molar refractivity (Wildman–Crippen MR) is 81.6 cm³/mol. The predicted octanol–water partition coefficient (Wildman–Crippen LogP) is 3.05. The van der Waals surface area contributed by atoms with Gasteiger partial charge in [-0.15, -0.1) is 0 Å². The molecule has 0 saturated heterocycles. The van der Waals surface area contributed by atoms with Gasteiger partial charge in [0.05, 0.1) is 6.61 Å². The number of nitrogens with zero attached hydrogens (tertiary/aromatic N) is 1. The number of nitrogens with one attached hydrogen (secondary N) is 1. The third kappa shape index (κ3) is 4.09. The summed E-state index contributed by atoms with van der Waals surface area (Å²) in [5.74, 6) is 0.386. The fourth-order valence-electron chi connectivity index (χ4n) is 2.52. The fourth-order valence-corrected chi connectivity index (χ4v) is 2.52. The van der Waals surface area contributed by atoms with E-state index in [2.05, 4.69) is 5.32 Å². The third-order valence-electron chi connectivity index (χ3n) is 3.57. The van der Waals surface area contributed by atoms with Crippen molar-refractivity contribution in [2.45, 2.75) is 38.6 Å². The average Bonchev–Trinajstić information content (AvgIpc) is 2.99. The van der Waals surface area contributed by atoms with Crippen LogP contribution in [0.3, 0.4) is 0 Å². The van der Waals surface area contributed by atoms with Crippen LogP contribution in [0.15, 0.2) is 29.8 Å². The van der Waals surface area contributed by atoms with E-state index < -0.39 is 0 Å². The van der Waals surface area contributed by atoms with E-state index in [1.54, 1.807) is 6.08 Å². The lowest BCUT2D eigenvalue weighted by molar-refractivity contribution is -0.117. The standard InChI is InChI=1S/C17H20N2O2/c1-2-21-16-10-6-3-7-13(16)11-14(12-18)17(20)19-15-8-4-5-9-15/h3,6-7,10-11,15H,2,4-5,8-9H2,1H3,(H,19,20). The molecular weight excluding hydrogens is 264 g/mol. The highest BCUT2D eigenvalue weighted by molar-refractivity contribution is 6.02. The minimum absolute atomic E-state index is 0.119. The molecule has 0 aromatic heterocycles. The van der Waals surface area contributed by atoms with Gasteiger partial charge in [0, 0.05) is 11.6 Å². The Morgan fingerprint density at radius 1 is 1.43 bits per heavy atom. The number of para-hydroxylation sites is 1. The summed E-state index contributed by atoms with van der Waals surface area (Å²) in [6.07, 6.45) is 5.88. The maximum Gasteiger partial charge on any atom is 0.262 e. The van der Waals surface area contributed by atoms with Crippen molar-refractivity contribution in [3.63, 3.8) is 0 Å². The maximum absolute atomic E-state index is 12.2. The van der Waals surface area contributed by atoms with E-state index >= 15 is 0 Å². The highest BCUT2D eigenvalue weighted by atomic mass is 16.5. The highest BCUT2D eigenvalue weighted by Crippen LogP contribution is 2.22. The van der Waals surface area contributed by atoms with Crippen LogP contribution in [0.5, 0.6) is 5.75 Å². The molecule has 1 N–H and O–H groups in total. The summed E-state index contributed by atoms with van der Waals surface area (Å²) in [6, 6.07) is 9.59. The minimum atomic E-state index is -0.296. The lowest BCUT2D eigenvalue weighted by atomic mass is 10.1. The number of carbonyl (C=O) groups excluding carboxylic acids is 1. The van der Waals surface area contributed by atoms with Crippen LogP contribution in [-0.2, 0) is 4.79 Å². The molecule has 1 aromatic rings. The van der Waals surface area contributed by atoms with Gasteiger partial charge in [-0.1, -0.05) is 31.0 Å². The molecule has 0 heterocycles. The van der Waals surface area contributed by atoms with Gasteiger partial charge in [-0.05, 0) is 31.9 Å². The van der Waals surface area contributed by atoms with Gasteiger partial charge in [0.25, 0.3) is 5.91 Å². The van der Waals surface area contributed by atoms with Crippen molar-refractivity contribution in [2.75, 3.05) is 6.61 Å². The van der Waals surface area contributed by atoms with Crippen molar-refractivity contribution in [1.82, 2.24) is 5.32 Å². The Morgan fingerprint density at radius 3 is 2.81 bits per heavy atom. The van der Waals surface area contributed by atoms with E-state index in [1.165, 1.54) is 0 Å². The molecule has 1 amide bonds. The van der Waals surface area contributed by atoms with Crippen LogP contribution >= 0.6 is 0 Å². The lowest BCUT2D eigenvalue weighted by Gasteiger charge is -2.11. The summed E-state index contributed by atoms with van der Waals surface area (Å²) >= 11 is 0. The van der Waals surface area contributed by atoms with Gasteiger partial charge in [0.1, 0.15) is 17.4 Å². The van der Waals surface area contributed by atoms with Crippen molar-refractivity contribution in [2.24, 2.45) is 0 Å². The van der Waals surface area contributed by atoms with E-state index in [0.29, 0.717) is 12.4 Å². The van der Waals surface area contributed by atoms with Crippen LogP contribution < -0.4 is 10.1 Å². The Kier molecular flexibility index (Phi) is 5.39. The smallest absolute Gasteiger partial charge is 0.262 e. The van der Waals surface area contributed by atoms with Gasteiger partial charge in [-0.3, -0.25) is 4.79 Å². The van der Waals surface area contributed by atoms with Crippen LogP contribution in [0.2, 0.25) is 0 Å². The minimum Gasteiger partial charge on any atom is -0.493 e. The second-order valence-corrected chi connectivity index (χ2v) is 5.10. The maximum atomic E-state index is 12.2. The summed E-state index contributed by atoms with van der Waals surface area (Å²) in [7, 11) is 0. The zero-order valence-corrected chi connectivity index (χ0v) is 12.3. The van der Waals surface area contributed by atoms with Crippen LogP contribution in [0.4, 0.5) is 0 Å². The molecule has 4 nitrogen and oxygen atoms in total. The van der Waals surface area contributed by atoms with Gasteiger partial charge < -0.3 is 10.1 Å². The normalized spacial score (nSPS) is 15.5. The molecular formula is C17H20N2O2. The number of benzene rings is 1. The second-order valence-electron chi connectivity index (χ2n) is 5.10. The fraction of sp³-hybridized carbons (Fsp3) is 0.412. The van der Waals surface area contributed by atoms with Crippen molar-refractivity contribution >= 4 is 12.0 Å². The van der Waals surface area contributed by atoms with Crippen molar-refractivity contribution < 1.29 is 9.53 Å². The van der Waals surface area contributed by atoms with Gasteiger partial charge >= 0.3 is 0 Å². The molecule has 0 radical (unpaired) electrons. The van der Waals surface area contributed by atoms with Gasteiger partial charge in [-0.2, -0.15) is 5.26 Å². The molecule has 1 aromatic carbocycles. The Hall–Kier alpha value is -2.28. The highest BCUT2D eigenvalue weighted by Gasteiger charge is 2.19. The first-order valence-corrected chi connectivity index (χ1v) is 7.39. The monoisotopic (exact) mass is 284 g/mol. The lowest BCUT2D eigenvalue weighted by Crippen LogP contribution is -2.33. The summed E-state index contributed by atoms with van der Waals surface area (Å²) in [6.45, 7) is 2.44. The molecule has 21 heavy (non-hydrogen) atoms. The Balaban J connectivity index is 2.16. The number of ether oxygens (including phenoxy) is 1. The van der Waals surface area contributed by atoms with Gasteiger partial charge in [-0.25, -0.2) is 0 Å². The van der Waals surface area contributed by atoms with Gasteiger partial charge in [0.2, 0.25) is 0 Å². The number of rotatable bonds is 5. The molecule has 0 atom stereocenters. The van der Waals surface area contributed by atoms with Gasteiger partial charge in [0.15, 0.2) is 0 Å². The van der Waals surface area contributed by atoms with Crippen LogP contribution in [-0.4, -0.2) is 18.6 Å². The number of amides is 1. The van der Waals surface area contributed by atoms with Crippen molar-refractivity contribution in [3.05, 3.63) is 35.4 Å². The third-order valence-corrected chi connectivity index (χ3v) is 3.57. The summed E-state index contributed by atoms with van der Waals surface area (Å²) in [5.41, 5.74) is 0.867. The topological polar surface area (TPSA) is 62.1 Å². The summed E-state index contributed by atoms with van der Waals surface area (Å²) < 4.78 is 5.51. The molecule has 2 rings (SSSR count). The SMILES string of the molecule is CCOc1ccccc1C=C(C#N)C(=O)NC1CCCC1. The molecule has 1 fully saturated rings. The summed E-state index contributed by atoms with van der Waals surface area (Å²) in [5, 5.41) is 12.2. The molecule has 4 heteroatoms. The number of hydrogen-bond acceptors (Lipinski definition) is 3. The van der Waals surface area contributed by atoms with Crippen molar-refractivity contribution in [3.8, 4) is 11.8 Å². The average molecular weight is 284 g/mol. The van der Waals surface area contributed by atoms with Crippen LogP contribution in [0.1, 0.15) is 38.2 Å². The number of hydrogen-bond donors (Lipinski definition) is 1. The largest absolute Gasteiger partial charge is 0.493 e. The second kappa shape index (κ2) is 7.49. The number of nitriles is 1. The molecule has 0 spiro atoms. The zero-order valence-electron chi connectivity index (χ0n) is 12.3. The van der Waals surface area contributed by atoms with E-state index in [4.69, 9.17) is 4.74 Å². The molecule has 0 bridgehead atoms. The Bertz CT molecular complexity index is 566.